The first kappa shape index (κ1) is 9.66. The number of fused-ring (bicyclic) bond motifs is 1. The molecular formula is C12H16N4. The van der Waals surface area contributed by atoms with Gasteiger partial charge in [-0.3, -0.25) is 5.43 Å². The molecule has 4 heteroatoms. The number of hydrazine groups is 1. The summed E-state index contributed by atoms with van der Waals surface area (Å²) in [6, 6.07) is 6.93. The van der Waals surface area contributed by atoms with Crippen LogP contribution in [0.15, 0.2) is 18.2 Å². The lowest BCUT2D eigenvalue weighted by molar-refractivity contribution is 0.323. The maximum absolute atomic E-state index is 5.54. The van der Waals surface area contributed by atoms with Gasteiger partial charge in [0.25, 0.3) is 0 Å². The smallest absolute Gasteiger partial charge is 0.218 e. The van der Waals surface area contributed by atoms with Gasteiger partial charge in [-0.15, -0.1) is 0 Å². The number of nitrogens with zero attached hydrogens (tertiary/aromatic N) is 2. The fraction of sp³-hybridized carbons (Fsp3) is 0.417. The molecule has 4 nitrogen and oxygen atoms in total. The summed E-state index contributed by atoms with van der Waals surface area (Å²) in [4.78, 5) is 4.52. The number of rotatable bonds is 2. The number of anilines is 1. The van der Waals surface area contributed by atoms with Gasteiger partial charge in [0.2, 0.25) is 5.95 Å². The summed E-state index contributed by atoms with van der Waals surface area (Å²) in [6.45, 7) is 2.08. The molecule has 0 bridgehead atoms. The van der Waals surface area contributed by atoms with Crippen LogP contribution in [0.25, 0.3) is 11.0 Å². The molecule has 1 heterocycles. The highest BCUT2D eigenvalue weighted by Crippen LogP contribution is 2.36. The molecule has 16 heavy (non-hydrogen) atoms. The first-order valence-electron chi connectivity index (χ1n) is 5.75. The lowest BCUT2D eigenvalue weighted by atomic mass is 9.93. The van der Waals surface area contributed by atoms with Crippen LogP contribution in [0, 0.1) is 6.92 Å². The molecule has 0 spiro atoms. The maximum atomic E-state index is 5.54. The van der Waals surface area contributed by atoms with E-state index in [0.29, 0.717) is 6.04 Å². The molecule has 1 aromatic heterocycles. The molecule has 0 saturated heterocycles. The number of nitrogens with one attached hydrogen (secondary N) is 1. The Morgan fingerprint density at radius 2 is 2.25 bits per heavy atom. The number of imidazole rings is 1. The van der Waals surface area contributed by atoms with Gasteiger partial charge in [0.1, 0.15) is 0 Å². The van der Waals surface area contributed by atoms with Crippen LogP contribution in [0.2, 0.25) is 0 Å². The standard InChI is InChI=1S/C12H16N4/c1-8-5-6-11-10(7-8)14-12(15-13)16(11)9-3-2-4-9/h5-7,9H,2-4,13H2,1H3,(H,14,15). The SMILES string of the molecule is Cc1ccc2c(c1)nc(NN)n2C1CCC1. The van der Waals surface area contributed by atoms with Gasteiger partial charge < -0.3 is 4.57 Å². The van der Waals surface area contributed by atoms with Gasteiger partial charge in [-0.05, 0) is 43.9 Å². The van der Waals surface area contributed by atoms with E-state index in [1.54, 1.807) is 0 Å². The summed E-state index contributed by atoms with van der Waals surface area (Å²) >= 11 is 0. The molecule has 1 saturated carbocycles. The Kier molecular flexibility index (Phi) is 2.11. The largest absolute Gasteiger partial charge is 0.306 e. The molecule has 0 amide bonds. The van der Waals surface area contributed by atoms with E-state index in [1.807, 2.05) is 0 Å². The van der Waals surface area contributed by atoms with Crippen LogP contribution in [0.5, 0.6) is 0 Å². The number of hydrogen-bond acceptors (Lipinski definition) is 3. The Labute approximate surface area is 94.4 Å². The summed E-state index contributed by atoms with van der Waals surface area (Å²) in [7, 11) is 0. The van der Waals surface area contributed by atoms with Gasteiger partial charge in [0.15, 0.2) is 0 Å². The highest BCUT2D eigenvalue weighted by molar-refractivity contribution is 5.79. The van der Waals surface area contributed by atoms with Crippen molar-refractivity contribution in [2.45, 2.75) is 32.2 Å². The molecule has 84 valence electrons. The molecular weight excluding hydrogens is 200 g/mol. The predicted octanol–water partition coefficient (Wildman–Crippen LogP) is 2.36. The van der Waals surface area contributed by atoms with Crippen molar-refractivity contribution in [3.05, 3.63) is 23.8 Å². The number of hydrogen-bond donors (Lipinski definition) is 2. The Morgan fingerprint density at radius 1 is 1.44 bits per heavy atom. The Morgan fingerprint density at radius 3 is 2.88 bits per heavy atom. The van der Waals surface area contributed by atoms with Crippen molar-refractivity contribution in [1.29, 1.82) is 0 Å². The zero-order valence-corrected chi connectivity index (χ0v) is 9.40. The van der Waals surface area contributed by atoms with Gasteiger partial charge in [-0.1, -0.05) is 6.07 Å². The molecule has 2 aromatic rings. The van der Waals surface area contributed by atoms with Crippen LogP contribution in [-0.4, -0.2) is 9.55 Å². The molecule has 0 unspecified atom stereocenters. The van der Waals surface area contributed by atoms with Crippen molar-refractivity contribution in [3.63, 3.8) is 0 Å². The lowest BCUT2D eigenvalue weighted by Gasteiger charge is -2.28. The zero-order chi connectivity index (χ0) is 11.1. The van der Waals surface area contributed by atoms with Crippen LogP contribution in [-0.2, 0) is 0 Å². The van der Waals surface area contributed by atoms with Gasteiger partial charge in [-0.25, -0.2) is 10.8 Å². The number of benzene rings is 1. The molecule has 1 aliphatic carbocycles. The van der Waals surface area contributed by atoms with Crippen LogP contribution in [0.1, 0.15) is 30.9 Å². The van der Waals surface area contributed by atoms with E-state index in [0.717, 1.165) is 11.5 Å². The van der Waals surface area contributed by atoms with Crippen molar-refractivity contribution < 1.29 is 0 Å². The third-order valence-electron chi connectivity index (χ3n) is 3.41. The van der Waals surface area contributed by atoms with Crippen LogP contribution in [0.3, 0.4) is 0 Å². The van der Waals surface area contributed by atoms with Crippen LogP contribution in [0.4, 0.5) is 5.95 Å². The average molecular weight is 216 g/mol. The third kappa shape index (κ3) is 1.30. The lowest BCUT2D eigenvalue weighted by Crippen LogP contribution is -2.21. The van der Waals surface area contributed by atoms with Gasteiger partial charge in [0, 0.05) is 6.04 Å². The van der Waals surface area contributed by atoms with Crippen LogP contribution < -0.4 is 11.3 Å². The van der Waals surface area contributed by atoms with E-state index in [1.165, 1.54) is 30.3 Å². The third-order valence-corrected chi connectivity index (χ3v) is 3.41. The quantitative estimate of drug-likeness (QED) is 0.598. The Bertz CT molecular complexity index is 525. The van der Waals surface area contributed by atoms with Crippen molar-refractivity contribution in [2.75, 3.05) is 5.43 Å². The molecule has 0 radical (unpaired) electrons. The number of aromatic nitrogens is 2. The predicted molar refractivity (Wildman–Crippen MR) is 65.2 cm³/mol. The van der Waals surface area contributed by atoms with Crippen molar-refractivity contribution in [3.8, 4) is 0 Å². The highest BCUT2D eigenvalue weighted by Gasteiger charge is 2.24. The second kappa shape index (κ2) is 3.49. The second-order valence-electron chi connectivity index (χ2n) is 4.53. The number of nitrogen functional groups attached to an aromatic ring is 1. The van der Waals surface area contributed by atoms with Crippen molar-refractivity contribution >= 4 is 17.0 Å². The van der Waals surface area contributed by atoms with Crippen LogP contribution >= 0.6 is 0 Å². The minimum Gasteiger partial charge on any atom is -0.306 e. The first-order valence-corrected chi connectivity index (χ1v) is 5.75. The van der Waals surface area contributed by atoms with E-state index in [-0.39, 0.29) is 0 Å². The highest BCUT2D eigenvalue weighted by atomic mass is 15.3. The summed E-state index contributed by atoms with van der Waals surface area (Å²) in [5.41, 5.74) is 6.15. The van der Waals surface area contributed by atoms with Gasteiger partial charge in [-0.2, -0.15) is 0 Å². The van der Waals surface area contributed by atoms with E-state index < -0.39 is 0 Å². The summed E-state index contributed by atoms with van der Waals surface area (Å²) in [5.74, 6) is 6.32. The molecule has 3 rings (SSSR count). The fourth-order valence-corrected chi connectivity index (χ4v) is 2.33. The minimum atomic E-state index is 0.568. The molecule has 1 fully saturated rings. The summed E-state index contributed by atoms with van der Waals surface area (Å²) in [6.07, 6.45) is 3.77. The molecule has 0 aliphatic heterocycles. The van der Waals surface area contributed by atoms with E-state index in [9.17, 15) is 0 Å². The number of aryl methyl sites for hydroxylation is 1. The van der Waals surface area contributed by atoms with E-state index in [4.69, 9.17) is 5.84 Å². The van der Waals surface area contributed by atoms with Crippen molar-refractivity contribution in [2.24, 2.45) is 5.84 Å². The zero-order valence-electron chi connectivity index (χ0n) is 9.40. The van der Waals surface area contributed by atoms with Gasteiger partial charge >= 0.3 is 0 Å². The van der Waals surface area contributed by atoms with E-state index >= 15 is 0 Å². The van der Waals surface area contributed by atoms with E-state index in [2.05, 4.69) is 40.1 Å². The Hall–Kier alpha value is -1.55. The fourth-order valence-electron chi connectivity index (χ4n) is 2.33. The minimum absolute atomic E-state index is 0.568. The average Bonchev–Trinajstić information content (AvgIpc) is 2.54. The number of nitrogens with two attached hydrogens (primary N) is 1. The summed E-state index contributed by atoms with van der Waals surface area (Å²) in [5, 5.41) is 0. The molecule has 1 aromatic carbocycles. The summed E-state index contributed by atoms with van der Waals surface area (Å²) < 4.78 is 2.23. The normalized spacial score (nSPS) is 16.4. The molecule has 0 atom stereocenters. The molecule has 1 aliphatic rings. The second-order valence-corrected chi connectivity index (χ2v) is 4.53. The monoisotopic (exact) mass is 216 g/mol. The topological polar surface area (TPSA) is 55.9 Å². The van der Waals surface area contributed by atoms with Gasteiger partial charge in [0.05, 0.1) is 11.0 Å². The molecule has 3 N–H and O–H groups in total. The Balaban J connectivity index is 2.22. The maximum Gasteiger partial charge on any atom is 0.218 e. The van der Waals surface area contributed by atoms with Crippen molar-refractivity contribution in [1.82, 2.24) is 9.55 Å². The first-order chi connectivity index (χ1) is 7.79.